The molecule has 1 fully saturated rings. The molecule has 11 nitrogen and oxygen atoms in total. The lowest BCUT2D eigenvalue weighted by molar-refractivity contribution is -0.184. The SMILES string of the molecule is CC(C)(C)OC(=O)NN(CCC(=O)O)N1NCCC(=C=O)[C@H]1C(=O)OC(C)(C)C. The molecule has 1 heterocycles. The highest BCUT2D eigenvalue weighted by Crippen LogP contribution is 2.21. The number of nitrogens with one attached hydrogen (secondary N) is 2. The van der Waals surface area contributed by atoms with Crippen LogP contribution in [0.5, 0.6) is 0 Å². The first kappa shape index (κ1) is 24.6. The van der Waals surface area contributed by atoms with E-state index in [0.717, 1.165) is 5.12 Å². The van der Waals surface area contributed by atoms with Crippen LogP contribution in [0.4, 0.5) is 4.79 Å². The van der Waals surface area contributed by atoms with Gasteiger partial charge >= 0.3 is 18.0 Å². The fraction of sp³-hybridized carbons (Fsp3) is 0.722. The van der Waals surface area contributed by atoms with Crippen molar-refractivity contribution in [3.63, 3.8) is 0 Å². The van der Waals surface area contributed by atoms with Gasteiger partial charge in [0.05, 0.1) is 6.42 Å². The van der Waals surface area contributed by atoms with Gasteiger partial charge in [0.1, 0.15) is 17.1 Å². The lowest BCUT2D eigenvalue weighted by Gasteiger charge is -2.42. The van der Waals surface area contributed by atoms with E-state index >= 15 is 0 Å². The van der Waals surface area contributed by atoms with Gasteiger partial charge in [-0.15, -0.1) is 10.2 Å². The van der Waals surface area contributed by atoms with Gasteiger partial charge < -0.3 is 14.6 Å². The van der Waals surface area contributed by atoms with Crippen LogP contribution in [0.15, 0.2) is 5.57 Å². The molecule has 0 radical (unpaired) electrons. The Kier molecular flexibility index (Phi) is 8.34. The van der Waals surface area contributed by atoms with Crippen LogP contribution in [0.3, 0.4) is 0 Å². The van der Waals surface area contributed by atoms with Gasteiger partial charge in [-0.05, 0) is 48.0 Å². The number of rotatable bonds is 6. The number of carboxylic acids is 1. The highest BCUT2D eigenvalue weighted by Gasteiger charge is 2.41. The summed E-state index contributed by atoms with van der Waals surface area (Å²) in [6.07, 6.45) is -0.965. The maximum Gasteiger partial charge on any atom is 0.423 e. The predicted octanol–water partition coefficient (Wildman–Crippen LogP) is 0.796. The van der Waals surface area contributed by atoms with Crippen molar-refractivity contribution in [3.8, 4) is 0 Å². The third kappa shape index (κ3) is 8.61. The maximum atomic E-state index is 12.8. The first-order valence-corrected chi connectivity index (χ1v) is 9.22. The first-order chi connectivity index (χ1) is 13.2. The normalized spacial score (nSPS) is 18.2. The maximum absolute atomic E-state index is 12.8. The molecule has 0 aromatic carbocycles. The Morgan fingerprint density at radius 1 is 1.21 bits per heavy atom. The lowest BCUT2D eigenvalue weighted by atomic mass is 10.0. The minimum Gasteiger partial charge on any atom is -0.481 e. The molecule has 1 aliphatic rings. The minimum atomic E-state index is -1.23. The van der Waals surface area contributed by atoms with Crippen LogP contribution in [0, 0.1) is 0 Å². The molecular weight excluding hydrogens is 384 g/mol. The number of nitrogens with zero attached hydrogens (tertiary/aromatic N) is 2. The zero-order valence-corrected chi connectivity index (χ0v) is 17.7. The molecule has 1 rings (SSSR count). The lowest BCUT2D eigenvalue weighted by Crippen LogP contribution is -2.67. The van der Waals surface area contributed by atoms with E-state index in [1.54, 1.807) is 47.5 Å². The van der Waals surface area contributed by atoms with Crippen LogP contribution >= 0.6 is 0 Å². The van der Waals surface area contributed by atoms with Crippen LogP contribution in [0.25, 0.3) is 0 Å². The smallest absolute Gasteiger partial charge is 0.423 e. The number of aliphatic carboxylic acids is 1. The third-order valence-electron chi connectivity index (χ3n) is 3.42. The van der Waals surface area contributed by atoms with Crippen LogP contribution in [-0.4, -0.2) is 69.6 Å². The van der Waals surface area contributed by atoms with E-state index in [0.29, 0.717) is 0 Å². The van der Waals surface area contributed by atoms with E-state index in [2.05, 4.69) is 10.9 Å². The van der Waals surface area contributed by atoms with Crippen LogP contribution in [0.1, 0.15) is 54.4 Å². The summed E-state index contributed by atoms with van der Waals surface area (Å²) in [5.41, 5.74) is 3.80. The topological polar surface area (TPSA) is 138 Å². The van der Waals surface area contributed by atoms with Gasteiger partial charge in [-0.2, -0.15) is 0 Å². The number of amides is 1. The summed E-state index contributed by atoms with van der Waals surface area (Å²) in [4.78, 5) is 47.5. The zero-order chi connectivity index (χ0) is 22.4. The fourth-order valence-electron chi connectivity index (χ4n) is 2.44. The molecular formula is C18H30N4O7. The van der Waals surface area contributed by atoms with Crippen molar-refractivity contribution in [1.82, 2.24) is 21.1 Å². The number of ether oxygens (including phenoxy) is 2. The molecule has 0 spiro atoms. The number of carboxylic acid groups (broad SMARTS) is 1. The molecule has 1 aliphatic heterocycles. The second-order valence-corrected chi connectivity index (χ2v) is 8.45. The van der Waals surface area contributed by atoms with Crippen molar-refractivity contribution < 1.29 is 33.8 Å². The predicted molar refractivity (Wildman–Crippen MR) is 102 cm³/mol. The van der Waals surface area contributed by atoms with Gasteiger partial charge in [0.25, 0.3) is 0 Å². The molecule has 0 bridgehead atoms. The Bertz CT molecular complexity index is 675. The van der Waals surface area contributed by atoms with Crippen molar-refractivity contribution in [1.29, 1.82) is 0 Å². The van der Waals surface area contributed by atoms with Crippen LogP contribution in [-0.2, 0) is 23.9 Å². The second kappa shape index (κ2) is 9.84. The number of carbonyl (C=O) groups excluding carboxylic acids is 3. The van der Waals surface area contributed by atoms with E-state index in [9.17, 15) is 19.2 Å². The van der Waals surface area contributed by atoms with Crippen molar-refractivity contribution in [2.45, 2.75) is 71.6 Å². The summed E-state index contributed by atoms with van der Waals surface area (Å²) in [7, 11) is 0. The molecule has 3 N–H and O–H groups in total. The molecule has 0 aliphatic carbocycles. The Hall–Kier alpha value is -2.46. The first-order valence-electron chi connectivity index (χ1n) is 9.22. The third-order valence-corrected chi connectivity index (χ3v) is 3.42. The largest absolute Gasteiger partial charge is 0.481 e. The summed E-state index contributed by atoms with van der Waals surface area (Å²) < 4.78 is 10.6. The molecule has 0 aromatic heterocycles. The Morgan fingerprint density at radius 3 is 2.28 bits per heavy atom. The van der Waals surface area contributed by atoms with Crippen molar-refractivity contribution >= 4 is 24.0 Å². The Labute approximate surface area is 169 Å². The molecule has 0 aromatic rings. The number of hydrazine groups is 3. The standard InChI is InChI=1S/C18H30N4O7/c1-17(2,3)28-15(26)14-12(11-23)7-9-19-22(14)21(10-8-13(24)25)20-16(27)29-18(4,5)6/h14,19H,7-10H2,1-6H3,(H,20,27)(H,24,25)/t14-/m0/s1. The number of carbonyl (C=O) groups is 3. The minimum absolute atomic E-state index is 0.115. The second-order valence-electron chi connectivity index (χ2n) is 8.45. The van der Waals surface area contributed by atoms with Crippen LogP contribution in [0.2, 0.25) is 0 Å². The summed E-state index contributed by atoms with van der Waals surface area (Å²) >= 11 is 0. The number of esters is 1. The molecule has 1 amide bonds. The Balaban J connectivity index is 3.18. The van der Waals surface area contributed by atoms with E-state index in [-0.39, 0.29) is 31.5 Å². The van der Waals surface area contributed by atoms with Gasteiger partial charge in [0.15, 0.2) is 6.04 Å². The van der Waals surface area contributed by atoms with Crippen molar-refractivity contribution in [3.05, 3.63) is 5.57 Å². The summed E-state index contributed by atoms with van der Waals surface area (Å²) in [5, 5.41) is 11.3. The van der Waals surface area contributed by atoms with E-state index in [1.807, 2.05) is 0 Å². The van der Waals surface area contributed by atoms with E-state index in [1.165, 1.54) is 5.12 Å². The van der Waals surface area contributed by atoms with Gasteiger partial charge in [0.2, 0.25) is 0 Å². The van der Waals surface area contributed by atoms with Crippen molar-refractivity contribution in [2.75, 3.05) is 13.1 Å². The molecule has 29 heavy (non-hydrogen) atoms. The average Bonchev–Trinajstić information content (AvgIpc) is 2.54. The summed E-state index contributed by atoms with van der Waals surface area (Å²) in [6, 6.07) is -1.23. The highest BCUT2D eigenvalue weighted by molar-refractivity contribution is 5.83. The Morgan fingerprint density at radius 2 is 1.79 bits per heavy atom. The molecule has 1 atom stereocenters. The summed E-state index contributed by atoms with van der Waals surface area (Å²) in [6.45, 7) is 10.1. The zero-order valence-electron chi connectivity index (χ0n) is 17.7. The molecule has 0 saturated carbocycles. The fourth-order valence-corrected chi connectivity index (χ4v) is 2.44. The van der Waals surface area contributed by atoms with Gasteiger partial charge in [-0.25, -0.2) is 25.2 Å². The van der Waals surface area contributed by atoms with Gasteiger partial charge in [-0.3, -0.25) is 4.79 Å². The highest BCUT2D eigenvalue weighted by atomic mass is 16.6. The van der Waals surface area contributed by atoms with Gasteiger partial charge in [0, 0.05) is 18.7 Å². The van der Waals surface area contributed by atoms with E-state index in [4.69, 9.17) is 14.6 Å². The number of hydrogen-bond acceptors (Lipinski definition) is 9. The number of hydrogen-bond donors (Lipinski definition) is 3. The van der Waals surface area contributed by atoms with E-state index < -0.39 is 35.3 Å². The van der Waals surface area contributed by atoms with Crippen LogP contribution < -0.4 is 10.9 Å². The molecule has 0 unspecified atom stereocenters. The average molecular weight is 414 g/mol. The molecule has 164 valence electrons. The van der Waals surface area contributed by atoms with Crippen molar-refractivity contribution in [2.24, 2.45) is 0 Å². The summed E-state index contributed by atoms with van der Waals surface area (Å²) in [5.74, 6) is -0.0951. The molecule has 1 saturated heterocycles. The molecule has 11 heteroatoms. The quantitative estimate of drug-likeness (QED) is 0.325. The van der Waals surface area contributed by atoms with Gasteiger partial charge in [-0.1, -0.05) is 0 Å². The monoisotopic (exact) mass is 414 g/mol.